The third-order valence-electron chi connectivity index (χ3n) is 4.14. The number of allylic oxidation sites excluding steroid dienone is 1. The highest BCUT2D eigenvalue weighted by Crippen LogP contribution is 2.21. The molecular weight excluding hydrogens is 347 g/mol. The number of benzene rings is 2. The molecule has 0 aliphatic rings. The highest BCUT2D eigenvalue weighted by Gasteiger charge is 2.22. The zero-order valence-electron chi connectivity index (χ0n) is 14.5. The average Bonchev–Trinajstić information content (AvgIpc) is 2.57. The van der Waals surface area contributed by atoms with E-state index < -0.39 is 12.0 Å². The Morgan fingerprint density at radius 1 is 0.846 bits per heavy atom. The molecule has 2 aromatic carbocycles. The molecule has 2 rings (SSSR count). The van der Waals surface area contributed by atoms with E-state index in [2.05, 4.69) is 6.92 Å². The number of aryl methyl sites for hydroxylation is 3. The zero-order valence-corrected chi connectivity index (χ0v) is 14.5. The maximum Gasteiger partial charge on any atom is 0.409 e. The number of hydrogen-bond donors (Lipinski definition) is 0. The van der Waals surface area contributed by atoms with Crippen molar-refractivity contribution < 1.29 is 22.0 Å². The molecule has 5 heteroatoms. The third kappa shape index (κ3) is 6.28. The van der Waals surface area contributed by atoms with Crippen LogP contribution in [0.25, 0.3) is 6.08 Å². The van der Waals surface area contributed by atoms with Crippen LogP contribution in [0.15, 0.2) is 42.5 Å². The lowest BCUT2D eigenvalue weighted by Crippen LogP contribution is -2.01. The first-order valence-corrected chi connectivity index (χ1v) is 8.60. The van der Waals surface area contributed by atoms with Crippen LogP contribution in [0, 0.1) is 11.6 Å². The second-order valence-corrected chi connectivity index (χ2v) is 6.26. The molecule has 140 valence electrons. The maximum atomic E-state index is 14.1. The second-order valence-electron chi connectivity index (χ2n) is 6.26. The highest BCUT2D eigenvalue weighted by molar-refractivity contribution is 5.51. The summed E-state index contributed by atoms with van der Waals surface area (Å²) >= 11 is 0. The summed E-state index contributed by atoms with van der Waals surface area (Å²) in [7, 11) is 0. The average molecular weight is 368 g/mol. The lowest BCUT2D eigenvalue weighted by atomic mass is 10.00. The molecule has 0 saturated heterocycles. The number of hydrogen-bond acceptors (Lipinski definition) is 0. The Labute approximate surface area is 150 Å². The monoisotopic (exact) mass is 368 g/mol. The largest absolute Gasteiger partial charge is 0.409 e. The van der Waals surface area contributed by atoms with Gasteiger partial charge in [-0.25, -0.2) is 8.78 Å². The molecule has 0 saturated carbocycles. The van der Waals surface area contributed by atoms with Crippen LogP contribution < -0.4 is 0 Å². The summed E-state index contributed by atoms with van der Waals surface area (Å²) in [5.41, 5.74) is 1.99. The molecule has 0 heterocycles. The highest BCUT2D eigenvalue weighted by atomic mass is 19.4. The lowest BCUT2D eigenvalue weighted by Gasteiger charge is -2.07. The molecule has 0 spiro atoms. The van der Waals surface area contributed by atoms with Crippen LogP contribution in [0.2, 0.25) is 0 Å². The molecule has 0 bridgehead atoms. The second kappa shape index (κ2) is 8.97. The van der Waals surface area contributed by atoms with Gasteiger partial charge in [0.25, 0.3) is 0 Å². The molecule has 0 atom stereocenters. The molecule has 0 fully saturated rings. The summed E-state index contributed by atoms with van der Waals surface area (Å²) in [6.07, 6.45) is -0.0785. The van der Waals surface area contributed by atoms with Crippen LogP contribution in [0.3, 0.4) is 0 Å². The number of unbranched alkanes of at least 4 members (excludes halogenated alkanes) is 1. The minimum atomic E-state index is -4.48. The summed E-state index contributed by atoms with van der Waals surface area (Å²) < 4.78 is 64.5. The summed E-state index contributed by atoms with van der Waals surface area (Å²) in [4.78, 5) is 0. The molecule has 0 aliphatic heterocycles. The van der Waals surface area contributed by atoms with Crippen LogP contribution in [-0.4, -0.2) is 6.18 Å². The van der Waals surface area contributed by atoms with E-state index in [1.54, 1.807) is 12.1 Å². The van der Waals surface area contributed by atoms with Crippen LogP contribution >= 0.6 is 0 Å². The van der Waals surface area contributed by atoms with Crippen molar-refractivity contribution in [2.45, 2.75) is 45.2 Å². The van der Waals surface area contributed by atoms with Crippen molar-refractivity contribution >= 4 is 6.08 Å². The molecule has 2 aromatic rings. The first-order valence-electron chi connectivity index (χ1n) is 8.60. The molecular formula is C21H21F5. The van der Waals surface area contributed by atoms with Crippen molar-refractivity contribution in [2.75, 3.05) is 0 Å². The standard InChI is InChI=1S/C21H21F5/c1-2-3-4-15-5-8-17(19(22)13-15)9-6-16-7-10-18(20(23)14-16)11-12-21(24,25)26/h5,7-8,10-14H,2-4,6,9H2,1H3/b12-11+. The first kappa shape index (κ1) is 20.1. The van der Waals surface area contributed by atoms with E-state index in [0.29, 0.717) is 30.0 Å². The van der Waals surface area contributed by atoms with Crippen molar-refractivity contribution in [1.29, 1.82) is 0 Å². The van der Waals surface area contributed by atoms with Crippen molar-refractivity contribution in [3.8, 4) is 0 Å². The minimum Gasteiger partial charge on any atom is -0.207 e. The van der Waals surface area contributed by atoms with Gasteiger partial charge in [0.15, 0.2) is 0 Å². The summed E-state index contributed by atoms with van der Waals surface area (Å²) in [5.74, 6) is -0.998. The predicted molar refractivity (Wildman–Crippen MR) is 93.9 cm³/mol. The predicted octanol–water partition coefficient (Wildman–Crippen LogP) is 6.67. The summed E-state index contributed by atoms with van der Waals surface area (Å²) in [5, 5.41) is 0. The topological polar surface area (TPSA) is 0 Å². The van der Waals surface area contributed by atoms with E-state index in [1.807, 2.05) is 6.07 Å². The molecule has 0 amide bonds. The molecule has 0 aliphatic carbocycles. The molecule has 0 radical (unpaired) electrons. The van der Waals surface area contributed by atoms with Gasteiger partial charge in [-0.2, -0.15) is 13.2 Å². The smallest absolute Gasteiger partial charge is 0.207 e. The fourth-order valence-corrected chi connectivity index (χ4v) is 2.65. The Hall–Kier alpha value is -2.17. The van der Waals surface area contributed by atoms with E-state index in [0.717, 1.165) is 24.8 Å². The Kier molecular flexibility index (Phi) is 6.95. The van der Waals surface area contributed by atoms with Crippen LogP contribution in [0.5, 0.6) is 0 Å². The van der Waals surface area contributed by atoms with Gasteiger partial charge in [-0.1, -0.05) is 37.6 Å². The van der Waals surface area contributed by atoms with E-state index in [9.17, 15) is 22.0 Å². The molecule has 0 nitrogen and oxygen atoms in total. The van der Waals surface area contributed by atoms with E-state index in [1.165, 1.54) is 18.2 Å². The number of halogens is 5. The Bertz CT molecular complexity index is 759. The van der Waals surface area contributed by atoms with Crippen LogP contribution in [0.1, 0.15) is 42.0 Å². The normalized spacial score (nSPS) is 12.1. The van der Waals surface area contributed by atoms with Gasteiger partial charge in [0.1, 0.15) is 11.6 Å². The van der Waals surface area contributed by atoms with Crippen molar-refractivity contribution in [3.05, 3.63) is 76.4 Å². The van der Waals surface area contributed by atoms with Gasteiger partial charge < -0.3 is 0 Å². The lowest BCUT2D eigenvalue weighted by molar-refractivity contribution is -0.0790. The van der Waals surface area contributed by atoms with Crippen LogP contribution in [0.4, 0.5) is 22.0 Å². The van der Waals surface area contributed by atoms with E-state index >= 15 is 0 Å². The number of alkyl halides is 3. The minimum absolute atomic E-state index is 0.000555. The van der Waals surface area contributed by atoms with Crippen molar-refractivity contribution in [1.82, 2.24) is 0 Å². The van der Waals surface area contributed by atoms with Gasteiger partial charge in [-0.15, -0.1) is 0 Å². The fourth-order valence-electron chi connectivity index (χ4n) is 2.65. The van der Waals surface area contributed by atoms with Gasteiger partial charge in [0.05, 0.1) is 0 Å². The SMILES string of the molecule is CCCCc1ccc(CCc2ccc(/C=C/C(F)(F)F)c(F)c2)c(F)c1. The number of rotatable bonds is 7. The van der Waals surface area contributed by atoms with Gasteiger partial charge in [-0.05, 0) is 60.6 Å². The quantitative estimate of drug-likeness (QED) is 0.479. The molecule has 0 aromatic heterocycles. The van der Waals surface area contributed by atoms with E-state index in [-0.39, 0.29) is 17.5 Å². The van der Waals surface area contributed by atoms with Crippen molar-refractivity contribution in [2.24, 2.45) is 0 Å². The Morgan fingerprint density at radius 3 is 2.12 bits per heavy atom. The molecule has 0 N–H and O–H groups in total. The first-order chi connectivity index (χ1) is 12.3. The fraction of sp³-hybridized carbons (Fsp3) is 0.333. The van der Waals surface area contributed by atoms with E-state index in [4.69, 9.17) is 0 Å². The van der Waals surface area contributed by atoms with Crippen molar-refractivity contribution in [3.63, 3.8) is 0 Å². The van der Waals surface area contributed by atoms with Crippen LogP contribution in [-0.2, 0) is 19.3 Å². The maximum absolute atomic E-state index is 14.1. The van der Waals surface area contributed by atoms with Gasteiger partial charge in [0.2, 0.25) is 0 Å². The Morgan fingerprint density at radius 2 is 1.50 bits per heavy atom. The molecule has 0 unspecified atom stereocenters. The molecule has 26 heavy (non-hydrogen) atoms. The third-order valence-corrected chi connectivity index (χ3v) is 4.14. The van der Waals surface area contributed by atoms with Gasteiger partial charge in [-0.3, -0.25) is 0 Å². The zero-order chi connectivity index (χ0) is 19.2. The summed E-state index contributed by atoms with van der Waals surface area (Å²) in [6, 6.07) is 9.25. The van der Waals surface area contributed by atoms with Gasteiger partial charge >= 0.3 is 6.18 Å². The summed E-state index contributed by atoms with van der Waals surface area (Å²) in [6.45, 7) is 2.08. The Balaban J connectivity index is 2.01. The van der Waals surface area contributed by atoms with Gasteiger partial charge in [0, 0.05) is 11.6 Å².